The van der Waals surface area contributed by atoms with Crippen LogP contribution in [0.3, 0.4) is 0 Å². The Morgan fingerprint density at radius 3 is 2.53 bits per heavy atom. The number of para-hydroxylation sites is 1. The van der Waals surface area contributed by atoms with Crippen LogP contribution in [0.4, 0.5) is 5.69 Å². The van der Waals surface area contributed by atoms with Crippen LogP contribution in [-0.2, 0) is 0 Å². The third kappa shape index (κ3) is 2.40. The summed E-state index contributed by atoms with van der Waals surface area (Å²) in [4.78, 5) is 3.93. The van der Waals surface area contributed by atoms with Gasteiger partial charge in [-0.05, 0) is 12.1 Å². The van der Waals surface area contributed by atoms with Crippen molar-refractivity contribution in [1.82, 2.24) is 4.98 Å². The predicted octanol–water partition coefficient (Wildman–Crippen LogP) is 2.34. The van der Waals surface area contributed by atoms with Crippen molar-refractivity contribution in [3.8, 4) is 0 Å². The molecule has 0 saturated heterocycles. The van der Waals surface area contributed by atoms with Crippen molar-refractivity contribution in [2.75, 3.05) is 0 Å². The van der Waals surface area contributed by atoms with Crippen molar-refractivity contribution in [3.63, 3.8) is 0 Å². The summed E-state index contributed by atoms with van der Waals surface area (Å²) in [6.07, 6.45) is 4.82. The van der Waals surface area contributed by atoms with Gasteiger partial charge in [-0.2, -0.15) is 4.74 Å². The lowest BCUT2D eigenvalue weighted by molar-refractivity contribution is -0.354. The lowest BCUT2D eigenvalue weighted by Gasteiger charge is -2.01. The first-order valence-corrected chi connectivity index (χ1v) is 4.62. The van der Waals surface area contributed by atoms with Crippen LogP contribution in [0.2, 0.25) is 0 Å². The van der Waals surface area contributed by atoms with Crippen LogP contribution in [-0.4, -0.2) is 15.9 Å². The Morgan fingerprint density at radius 2 is 1.87 bits per heavy atom. The molecule has 0 amide bonds. The molecule has 0 fully saturated rings. The molecule has 0 aliphatic heterocycles. The van der Waals surface area contributed by atoms with Crippen LogP contribution in [0, 0.1) is 5.21 Å². The molecule has 0 bridgehead atoms. The minimum absolute atomic E-state index is 0.612. The first kappa shape index (κ1) is 9.40. The number of hydrogen-bond acceptors (Lipinski definition) is 2. The maximum atomic E-state index is 11.6. The molecule has 0 aliphatic rings. The molecule has 2 aromatic rings. The van der Waals surface area contributed by atoms with E-state index in [1.54, 1.807) is 30.6 Å². The Morgan fingerprint density at radius 1 is 1.07 bits per heavy atom. The molecule has 0 unspecified atom stereocenters. The molecule has 0 atom stereocenters. The van der Waals surface area contributed by atoms with Gasteiger partial charge >= 0.3 is 0 Å². The van der Waals surface area contributed by atoms with Gasteiger partial charge in [0.2, 0.25) is 5.69 Å². The summed E-state index contributed by atoms with van der Waals surface area (Å²) >= 11 is 0. The van der Waals surface area contributed by atoms with Crippen LogP contribution in [0.1, 0.15) is 5.56 Å². The Labute approximate surface area is 87.9 Å². The summed E-state index contributed by atoms with van der Waals surface area (Å²) in [5.74, 6) is 0. The smallest absolute Gasteiger partial charge is 0.216 e. The van der Waals surface area contributed by atoms with E-state index in [1.807, 2.05) is 24.3 Å². The highest BCUT2D eigenvalue weighted by Crippen LogP contribution is 2.08. The summed E-state index contributed by atoms with van der Waals surface area (Å²) in [6, 6.07) is 12.7. The summed E-state index contributed by atoms with van der Waals surface area (Å²) in [7, 11) is 0. The standard InChI is InChI=1S/C12H10N2O/c15-14(12-6-2-1-3-7-12)10-11-5-4-8-13-9-11/h1-10H/b14-10-. The second-order valence-corrected chi connectivity index (χ2v) is 3.08. The number of aromatic nitrogens is 1. The number of nitrogens with zero attached hydrogens (tertiary/aromatic N) is 2. The van der Waals surface area contributed by atoms with Crippen LogP contribution in [0.25, 0.3) is 0 Å². The minimum atomic E-state index is 0.612. The summed E-state index contributed by atoms with van der Waals surface area (Å²) in [6.45, 7) is 0. The first-order chi connectivity index (χ1) is 7.36. The minimum Gasteiger partial charge on any atom is -0.618 e. The van der Waals surface area contributed by atoms with E-state index < -0.39 is 0 Å². The average Bonchev–Trinajstić information content (AvgIpc) is 2.31. The van der Waals surface area contributed by atoms with E-state index in [9.17, 15) is 5.21 Å². The fourth-order valence-corrected chi connectivity index (χ4v) is 1.24. The van der Waals surface area contributed by atoms with Gasteiger partial charge in [0.15, 0.2) is 6.21 Å². The van der Waals surface area contributed by atoms with E-state index in [0.29, 0.717) is 5.69 Å². The molecule has 0 radical (unpaired) electrons. The molecule has 2 rings (SSSR count). The molecular formula is C12H10N2O. The molecule has 74 valence electrons. The SMILES string of the molecule is [O-]/[N+](=C\c1cccnc1)c1ccccc1. The zero-order valence-electron chi connectivity index (χ0n) is 8.08. The highest BCUT2D eigenvalue weighted by molar-refractivity contribution is 5.75. The number of hydrogen-bond donors (Lipinski definition) is 0. The van der Waals surface area contributed by atoms with Crippen molar-refractivity contribution >= 4 is 11.9 Å². The van der Waals surface area contributed by atoms with E-state index in [2.05, 4.69) is 4.98 Å². The number of pyridine rings is 1. The van der Waals surface area contributed by atoms with Gasteiger partial charge in [0.1, 0.15) is 0 Å². The summed E-state index contributed by atoms with van der Waals surface area (Å²) < 4.78 is 0.830. The quantitative estimate of drug-likeness (QED) is 0.321. The molecule has 3 nitrogen and oxygen atoms in total. The van der Waals surface area contributed by atoms with Gasteiger partial charge in [-0.3, -0.25) is 4.98 Å². The van der Waals surface area contributed by atoms with Gasteiger partial charge in [-0.15, -0.1) is 0 Å². The van der Waals surface area contributed by atoms with E-state index in [4.69, 9.17) is 0 Å². The number of benzene rings is 1. The third-order valence-corrected chi connectivity index (χ3v) is 1.96. The average molecular weight is 198 g/mol. The van der Waals surface area contributed by atoms with Crippen molar-refractivity contribution in [2.24, 2.45) is 0 Å². The van der Waals surface area contributed by atoms with E-state index >= 15 is 0 Å². The molecule has 1 heterocycles. The lowest BCUT2D eigenvalue weighted by Crippen LogP contribution is -1.98. The summed E-state index contributed by atoms with van der Waals surface area (Å²) in [5, 5.41) is 11.6. The second kappa shape index (κ2) is 4.37. The lowest BCUT2D eigenvalue weighted by atomic mass is 10.3. The fraction of sp³-hybridized carbons (Fsp3) is 0. The van der Waals surface area contributed by atoms with Crippen molar-refractivity contribution in [2.45, 2.75) is 0 Å². The zero-order chi connectivity index (χ0) is 10.5. The van der Waals surface area contributed by atoms with Crippen molar-refractivity contribution in [3.05, 3.63) is 65.6 Å². The topological polar surface area (TPSA) is 39.0 Å². The number of rotatable bonds is 2. The Kier molecular flexibility index (Phi) is 2.74. The molecule has 1 aromatic heterocycles. The second-order valence-electron chi connectivity index (χ2n) is 3.08. The maximum Gasteiger partial charge on any atom is 0.216 e. The highest BCUT2D eigenvalue weighted by atomic mass is 16.5. The Bertz CT molecular complexity index is 452. The Balaban J connectivity index is 2.29. The van der Waals surface area contributed by atoms with Gasteiger partial charge in [-0.25, -0.2) is 0 Å². The highest BCUT2D eigenvalue weighted by Gasteiger charge is 1.99. The molecule has 0 N–H and O–H groups in total. The first-order valence-electron chi connectivity index (χ1n) is 4.62. The maximum absolute atomic E-state index is 11.6. The predicted molar refractivity (Wildman–Crippen MR) is 59.1 cm³/mol. The molecule has 1 aromatic carbocycles. The zero-order valence-corrected chi connectivity index (χ0v) is 8.08. The Hall–Kier alpha value is -2.16. The van der Waals surface area contributed by atoms with E-state index in [1.165, 1.54) is 6.21 Å². The molecule has 15 heavy (non-hydrogen) atoms. The van der Waals surface area contributed by atoms with Crippen LogP contribution >= 0.6 is 0 Å². The third-order valence-electron chi connectivity index (χ3n) is 1.96. The van der Waals surface area contributed by atoms with Gasteiger partial charge in [0.25, 0.3) is 0 Å². The van der Waals surface area contributed by atoms with Crippen LogP contribution in [0.15, 0.2) is 54.9 Å². The largest absolute Gasteiger partial charge is 0.618 e. The normalized spacial score (nSPS) is 11.3. The van der Waals surface area contributed by atoms with Gasteiger partial charge < -0.3 is 5.21 Å². The van der Waals surface area contributed by atoms with Gasteiger partial charge in [-0.1, -0.05) is 18.2 Å². The van der Waals surface area contributed by atoms with Gasteiger partial charge in [0.05, 0.1) is 5.56 Å². The molecule has 0 aliphatic carbocycles. The van der Waals surface area contributed by atoms with Crippen molar-refractivity contribution in [1.29, 1.82) is 0 Å². The van der Waals surface area contributed by atoms with E-state index in [0.717, 1.165) is 10.3 Å². The van der Waals surface area contributed by atoms with Crippen molar-refractivity contribution < 1.29 is 4.74 Å². The fourth-order valence-electron chi connectivity index (χ4n) is 1.24. The molecular weight excluding hydrogens is 188 g/mol. The monoisotopic (exact) mass is 198 g/mol. The molecule has 0 saturated carbocycles. The molecule has 0 spiro atoms. The van der Waals surface area contributed by atoms with Crippen LogP contribution < -0.4 is 0 Å². The summed E-state index contributed by atoms with van der Waals surface area (Å²) in [5.41, 5.74) is 1.40. The molecule has 3 heteroatoms. The van der Waals surface area contributed by atoms with E-state index in [-0.39, 0.29) is 0 Å². The van der Waals surface area contributed by atoms with Gasteiger partial charge in [0, 0.05) is 24.5 Å². The van der Waals surface area contributed by atoms with Crippen LogP contribution in [0.5, 0.6) is 0 Å².